The van der Waals surface area contributed by atoms with E-state index in [-0.39, 0.29) is 11.3 Å². The Hall–Kier alpha value is -2.54. The maximum absolute atomic E-state index is 13.7. The summed E-state index contributed by atoms with van der Waals surface area (Å²) in [6.07, 6.45) is 0. The van der Waals surface area contributed by atoms with Crippen LogP contribution in [0.3, 0.4) is 0 Å². The summed E-state index contributed by atoms with van der Waals surface area (Å²) in [5, 5.41) is 0.847. The molecule has 0 saturated heterocycles. The van der Waals surface area contributed by atoms with Crippen molar-refractivity contribution in [3.05, 3.63) is 64.2 Å². The molecule has 3 aromatic rings. The van der Waals surface area contributed by atoms with Crippen LogP contribution in [0.2, 0.25) is 0 Å². The van der Waals surface area contributed by atoms with Gasteiger partial charge in [0.05, 0.1) is 18.0 Å². The molecule has 2 aromatic carbocycles. The predicted molar refractivity (Wildman–Crippen MR) is 88.7 cm³/mol. The summed E-state index contributed by atoms with van der Waals surface area (Å²) in [6.45, 7) is 0. The van der Waals surface area contributed by atoms with Gasteiger partial charge < -0.3 is 10.6 Å². The summed E-state index contributed by atoms with van der Waals surface area (Å²) in [5.74, 6) is 6.01. The second kappa shape index (κ2) is 6.29. The van der Waals surface area contributed by atoms with Crippen molar-refractivity contribution in [2.24, 2.45) is 0 Å². The molecule has 0 aliphatic heterocycles. The van der Waals surface area contributed by atoms with Crippen LogP contribution in [0.1, 0.15) is 5.56 Å². The van der Waals surface area contributed by atoms with E-state index in [1.54, 1.807) is 30.3 Å². The lowest BCUT2D eigenvalue weighted by molar-refractivity contribution is 0.386. The molecule has 23 heavy (non-hydrogen) atoms. The van der Waals surface area contributed by atoms with Crippen LogP contribution < -0.4 is 16.1 Å². The molecule has 1 aromatic heterocycles. The van der Waals surface area contributed by atoms with Crippen LogP contribution in [0.4, 0.5) is 4.39 Å². The van der Waals surface area contributed by atoms with Gasteiger partial charge in [-0.25, -0.2) is 14.1 Å². The number of hydrogen-bond acceptors (Lipinski definition) is 5. The highest BCUT2D eigenvalue weighted by Crippen LogP contribution is 2.24. The molecule has 7 heteroatoms. The predicted octanol–water partition coefficient (Wildman–Crippen LogP) is 2.55. The molecule has 2 N–H and O–H groups in total. The van der Waals surface area contributed by atoms with Crippen molar-refractivity contribution < 1.29 is 9.13 Å². The zero-order chi connectivity index (χ0) is 16.4. The van der Waals surface area contributed by atoms with Gasteiger partial charge in [-0.2, -0.15) is 0 Å². The number of halogens is 1. The van der Waals surface area contributed by atoms with Crippen molar-refractivity contribution in [2.75, 3.05) is 13.0 Å². The monoisotopic (exact) mass is 331 g/mol. The smallest absolute Gasteiger partial charge is 0.280 e. The first-order chi connectivity index (χ1) is 11.1. The van der Waals surface area contributed by atoms with Gasteiger partial charge in [-0.1, -0.05) is 30.0 Å². The highest BCUT2D eigenvalue weighted by Gasteiger charge is 2.10. The van der Waals surface area contributed by atoms with Crippen molar-refractivity contribution in [1.82, 2.24) is 9.66 Å². The Labute approximate surface area is 135 Å². The summed E-state index contributed by atoms with van der Waals surface area (Å²) in [7, 11) is 1.42. The number of ether oxygens (including phenoxy) is 1. The fourth-order valence-corrected chi connectivity index (χ4v) is 3.04. The number of rotatable bonds is 4. The number of fused-ring (bicyclic) bond motifs is 1. The van der Waals surface area contributed by atoms with Gasteiger partial charge in [0.15, 0.2) is 16.7 Å². The second-order valence-corrected chi connectivity index (χ2v) is 5.79. The Kier molecular flexibility index (Phi) is 4.20. The van der Waals surface area contributed by atoms with E-state index in [4.69, 9.17) is 10.6 Å². The number of hydrogen-bond donors (Lipinski definition) is 1. The summed E-state index contributed by atoms with van der Waals surface area (Å²) in [4.78, 5) is 16.6. The molecule has 0 saturated carbocycles. The van der Waals surface area contributed by atoms with Crippen molar-refractivity contribution in [2.45, 2.75) is 10.9 Å². The molecular weight excluding hydrogens is 317 g/mol. The maximum Gasteiger partial charge on any atom is 0.280 e. The van der Waals surface area contributed by atoms with Crippen LogP contribution in [0.25, 0.3) is 10.9 Å². The number of aromatic nitrogens is 2. The average molecular weight is 331 g/mol. The van der Waals surface area contributed by atoms with E-state index in [1.165, 1.54) is 24.9 Å². The Morgan fingerprint density at radius 2 is 2.09 bits per heavy atom. The maximum atomic E-state index is 13.7. The molecule has 1 heterocycles. The first-order valence-electron chi connectivity index (χ1n) is 6.82. The summed E-state index contributed by atoms with van der Waals surface area (Å²) >= 11 is 1.27. The van der Waals surface area contributed by atoms with Gasteiger partial charge >= 0.3 is 0 Å². The minimum absolute atomic E-state index is 0.193. The lowest BCUT2D eigenvalue weighted by Crippen LogP contribution is -2.29. The van der Waals surface area contributed by atoms with E-state index in [0.717, 1.165) is 10.2 Å². The second-order valence-electron chi connectivity index (χ2n) is 4.84. The van der Waals surface area contributed by atoms with E-state index in [0.29, 0.717) is 21.8 Å². The SMILES string of the molecule is COc1ccc(CSc2nc3ccccc3c(=O)n2N)cc1F. The van der Waals surface area contributed by atoms with Gasteiger partial charge in [-0.05, 0) is 29.8 Å². The fraction of sp³-hybridized carbons (Fsp3) is 0.125. The molecule has 0 aliphatic carbocycles. The van der Waals surface area contributed by atoms with Gasteiger partial charge in [-0.3, -0.25) is 4.79 Å². The highest BCUT2D eigenvalue weighted by atomic mass is 32.2. The van der Waals surface area contributed by atoms with Crippen LogP contribution in [0, 0.1) is 5.82 Å². The zero-order valence-corrected chi connectivity index (χ0v) is 13.1. The Morgan fingerprint density at radius 3 is 2.83 bits per heavy atom. The number of nitrogen functional groups attached to an aromatic ring is 1. The average Bonchev–Trinajstić information content (AvgIpc) is 2.57. The molecule has 0 amide bonds. The highest BCUT2D eigenvalue weighted by molar-refractivity contribution is 7.98. The number of methoxy groups -OCH3 is 1. The van der Waals surface area contributed by atoms with Crippen molar-refractivity contribution in [3.63, 3.8) is 0 Å². The number of nitrogens with two attached hydrogens (primary N) is 1. The molecule has 0 aliphatic rings. The summed E-state index contributed by atoms with van der Waals surface area (Å²) in [6, 6.07) is 11.7. The Bertz CT molecular complexity index is 927. The van der Waals surface area contributed by atoms with Gasteiger partial charge in [-0.15, -0.1) is 0 Å². The topological polar surface area (TPSA) is 70.1 Å². The lowest BCUT2D eigenvalue weighted by atomic mass is 10.2. The number of para-hydroxylation sites is 1. The molecule has 0 spiro atoms. The quantitative estimate of drug-likeness (QED) is 0.452. The van der Waals surface area contributed by atoms with Crippen molar-refractivity contribution in [3.8, 4) is 5.75 Å². The van der Waals surface area contributed by atoms with Crippen LogP contribution >= 0.6 is 11.8 Å². The van der Waals surface area contributed by atoms with Crippen LogP contribution in [-0.4, -0.2) is 16.8 Å². The molecule has 0 bridgehead atoms. The van der Waals surface area contributed by atoms with E-state index >= 15 is 0 Å². The third-order valence-corrected chi connectivity index (χ3v) is 4.38. The number of benzene rings is 2. The molecule has 0 unspecified atom stereocenters. The molecule has 118 valence electrons. The van der Waals surface area contributed by atoms with Crippen molar-refractivity contribution in [1.29, 1.82) is 0 Å². The molecule has 0 atom stereocenters. The first kappa shape index (κ1) is 15.4. The fourth-order valence-electron chi connectivity index (χ4n) is 2.17. The molecular formula is C16H14FN3O2S. The zero-order valence-electron chi connectivity index (χ0n) is 12.3. The normalized spacial score (nSPS) is 10.9. The lowest BCUT2D eigenvalue weighted by Gasteiger charge is -2.09. The van der Waals surface area contributed by atoms with E-state index in [2.05, 4.69) is 4.98 Å². The van der Waals surface area contributed by atoms with Crippen LogP contribution in [0.5, 0.6) is 5.75 Å². The third-order valence-electron chi connectivity index (χ3n) is 3.36. The third kappa shape index (κ3) is 3.00. The van der Waals surface area contributed by atoms with Crippen LogP contribution in [-0.2, 0) is 5.75 Å². The largest absolute Gasteiger partial charge is 0.494 e. The summed E-state index contributed by atoms with van der Waals surface area (Å²) in [5.41, 5.74) is 1.03. The van der Waals surface area contributed by atoms with Gasteiger partial charge in [0, 0.05) is 5.75 Å². The Morgan fingerprint density at radius 1 is 1.30 bits per heavy atom. The molecule has 5 nitrogen and oxygen atoms in total. The van der Waals surface area contributed by atoms with Crippen molar-refractivity contribution >= 4 is 22.7 Å². The molecule has 0 fully saturated rings. The van der Waals surface area contributed by atoms with E-state index in [1.807, 2.05) is 6.07 Å². The number of nitrogens with zero attached hydrogens (tertiary/aromatic N) is 2. The Balaban J connectivity index is 1.89. The standard InChI is InChI=1S/C16H14FN3O2S/c1-22-14-7-6-10(8-12(14)17)9-23-16-19-13-5-3-2-4-11(13)15(21)20(16)18/h2-8H,9,18H2,1H3. The molecule has 0 radical (unpaired) electrons. The van der Waals surface area contributed by atoms with Gasteiger partial charge in [0.2, 0.25) is 0 Å². The van der Waals surface area contributed by atoms with Gasteiger partial charge in [0.1, 0.15) is 0 Å². The first-order valence-corrected chi connectivity index (χ1v) is 7.81. The molecule has 3 rings (SSSR count). The number of thioether (sulfide) groups is 1. The minimum atomic E-state index is -0.429. The van der Waals surface area contributed by atoms with Crippen LogP contribution in [0.15, 0.2) is 52.4 Å². The van der Waals surface area contributed by atoms with E-state index in [9.17, 15) is 9.18 Å². The van der Waals surface area contributed by atoms with Gasteiger partial charge in [0.25, 0.3) is 5.56 Å². The van der Waals surface area contributed by atoms with E-state index < -0.39 is 5.82 Å². The minimum Gasteiger partial charge on any atom is -0.494 e. The summed E-state index contributed by atoms with van der Waals surface area (Å²) < 4.78 is 19.6.